The van der Waals surface area contributed by atoms with E-state index in [4.69, 9.17) is 5.10 Å². The van der Waals surface area contributed by atoms with Crippen LogP contribution in [-0.4, -0.2) is 57.6 Å². The average Bonchev–Trinajstić information content (AvgIpc) is 3.47. The van der Waals surface area contributed by atoms with Crippen LogP contribution in [0.2, 0.25) is 0 Å². The zero-order chi connectivity index (χ0) is 21.6. The molecule has 0 saturated carbocycles. The number of rotatable bonds is 6. The SMILES string of the molecule is CCC(=O)N1CCN(C(=O)/C=C/c2cn(Cc3ccccc3)nc2-c2cccs2)CC1. The van der Waals surface area contributed by atoms with Crippen LogP contribution in [0, 0.1) is 0 Å². The fraction of sp³-hybridized carbons (Fsp3) is 0.292. The molecule has 0 radical (unpaired) electrons. The lowest BCUT2D eigenvalue weighted by Crippen LogP contribution is -2.50. The number of piperazine rings is 1. The molecule has 1 aromatic carbocycles. The van der Waals surface area contributed by atoms with Gasteiger partial charge in [0.1, 0.15) is 5.69 Å². The number of aromatic nitrogens is 2. The summed E-state index contributed by atoms with van der Waals surface area (Å²) in [6.45, 7) is 4.88. The van der Waals surface area contributed by atoms with E-state index in [1.165, 1.54) is 5.56 Å². The van der Waals surface area contributed by atoms with Crippen molar-refractivity contribution in [1.82, 2.24) is 19.6 Å². The zero-order valence-electron chi connectivity index (χ0n) is 17.6. The Labute approximate surface area is 186 Å². The fourth-order valence-electron chi connectivity index (χ4n) is 3.68. The summed E-state index contributed by atoms with van der Waals surface area (Å²) in [5.74, 6) is 0.116. The fourth-order valence-corrected chi connectivity index (χ4v) is 4.41. The summed E-state index contributed by atoms with van der Waals surface area (Å²) < 4.78 is 1.92. The van der Waals surface area contributed by atoms with Crippen LogP contribution in [0.25, 0.3) is 16.6 Å². The van der Waals surface area contributed by atoms with Gasteiger partial charge in [0.05, 0.1) is 11.4 Å². The molecule has 1 aliphatic heterocycles. The standard InChI is InChI=1S/C24H26N4O2S/c1-2-22(29)26-12-14-27(15-13-26)23(30)11-10-20-18-28(17-19-7-4-3-5-8-19)25-24(20)21-9-6-16-31-21/h3-11,16,18H,2,12-15,17H2,1H3/b11-10+. The molecule has 2 amide bonds. The number of carbonyl (C=O) groups is 2. The highest BCUT2D eigenvalue weighted by Crippen LogP contribution is 2.28. The van der Waals surface area contributed by atoms with Gasteiger partial charge in [-0.15, -0.1) is 11.3 Å². The Morgan fingerprint density at radius 1 is 1.03 bits per heavy atom. The minimum Gasteiger partial charge on any atom is -0.339 e. The number of thiophene rings is 1. The van der Waals surface area contributed by atoms with E-state index >= 15 is 0 Å². The van der Waals surface area contributed by atoms with Gasteiger partial charge < -0.3 is 9.80 Å². The predicted octanol–water partition coefficient (Wildman–Crippen LogP) is 3.75. The van der Waals surface area contributed by atoms with Crippen LogP contribution in [0.4, 0.5) is 0 Å². The molecular weight excluding hydrogens is 408 g/mol. The number of hydrogen-bond donors (Lipinski definition) is 0. The van der Waals surface area contributed by atoms with Gasteiger partial charge in [-0.2, -0.15) is 5.10 Å². The molecule has 0 bridgehead atoms. The van der Waals surface area contributed by atoms with Crippen LogP contribution in [0.3, 0.4) is 0 Å². The number of benzene rings is 1. The third-order valence-corrected chi connectivity index (χ3v) is 6.26. The first-order chi connectivity index (χ1) is 15.1. The van der Waals surface area contributed by atoms with E-state index in [-0.39, 0.29) is 11.8 Å². The maximum atomic E-state index is 12.7. The van der Waals surface area contributed by atoms with E-state index in [0.717, 1.165) is 16.1 Å². The Morgan fingerprint density at radius 2 is 1.77 bits per heavy atom. The highest BCUT2D eigenvalue weighted by Gasteiger charge is 2.22. The molecule has 2 aromatic heterocycles. The van der Waals surface area contributed by atoms with Gasteiger partial charge in [-0.25, -0.2) is 0 Å². The maximum absolute atomic E-state index is 12.7. The normalized spacial score (nSPS) is 14.4. The van der Waals surface area contributed by atoms with Crippen molar-refractivity contribution in [3.63, 3.8) is 0 Å². The summed E-state index contributed by atoms with van der Waals surface area (Å²) >= 11 is 1.63. The van der Waals surface area contributed by atoms with Crippen LogP contribution in [0.5, 0.6) is 0 Å². The van der Waals surface area contributed by atoms with Gasteiger partial charge in [0.25, 0.3) is 0 Å². The van der Waals surface area contributed by atoms with Crippen molar-refractivity contribution in [2.75, 3.05) is 26.2 Å². The second-order valence-corrected chi connectivity index (χ2v) is 8.43. The number of carbonyl (C=O) groups excluding carboxylic acids is 2. The Morgan fingerprint density at radius 3 is 2.45 bits per heavy atom. The molecule has 0 spiro atoms. The van der Waals surface area contributed by atoms with Crippen molar-refractivity contribution in [1.29, 1.82) is 0 Å². The van der Waals surface area contributed by atoms with Crippen LogP contribution < -0.4 is 0 Å². The molecule has 3 aromatic rings. The van der Waals surface area contributed by atoms with E-state index in [1.807, 2.05) is 64.5 Å². The second kappa shape index (κ2) is 9.75. The number of nitrogens with zero attached hydrogens (tertiary/aromatic N) is 4. The quantitative estimate of drug-likeness (QED) is 0.555. The van der Waals surface area contributed by atoms with Crippen LogP contribution in [0.1, 0.15) is 24.5 Å². The lowest BCUT2D eigenvalue weighted by Gasteiger charge is -2.34. The summed E-state index contributed by atoms with van der Waals surface area (Å²) in [6.07, 6.45) is 5.98. The molecule has 1 aliphatic rings. The third kappa shape index (κ3) is 5.11. The Bertz CT molecular complexity index is 1050. The molecule has 4 rings (SSSR count). The lowest BCUT2D eigenvalue weighted by molar-refractivity contribution is -0.136. The molecule has 1 fully saturated rings. The van der Waals surface area contributed by atoms with Crippen molar-refractivity contribution in [3.8, 4) is 10.6 Å². The van der Waals surface area contributed by atoms with Crippen LogP contribution >= 0.6 is 11.3 Å². The number of amides is 2. The van der Waals surface area contributed by atoms with Crippen molar-refractivity contribution >= 4 is 29.2 Å². The minimum atomic E-state index is -0.0310. The molecule has 7 heteroatoms. The molecule has 3 heterocycles. The lowest BCUT2D eigenvalue weighted by atomic mass is 10.2. The Kier molecular flexibility index (Phi) is 6.62. The largest absolute Gasteiger partial charge is 0.339 e. The molecule has 160 valence electrons. The van der Waals surface area contributed by atoms with E-state index < -0.39 is 0 Å². The van der Waals surface area contributed by atoms with Crippen molar-refractivity contribution < 1.29 is 9.59 Å². The van der Waals surface area contributed by atoms with Gasteiger partial charge in [0.2, 0.25) is 11.8 Å². The molecule has 0 unspecified atom stereocenters. The van der Waals surface area contributed by atoms with Gasteiger partial charge in [-0.05, 0) is 23.1 Å². The summed E-state index contributed by atoms with van der Waals surface area (Å²) in [4.78, 5) is 29.3. The topological polar surface area (TPSA) is 58.4 Å². The minimum absolute atomic E-state index is 0.0310. The van der Waals surface area contributed by atoms with E-state index in [1.54, 1.807) is 22.3 Å². The van der Waals surface area contributed by atoms with Gasteiger partial charge in [0, 0.05) is 50.4 Å². The molecule has 0 atom stereocenters. The van der Waals surface area contributed by atoms with Crippen molar-refractivity contribution in [3.05, 3.63) is 71.2 Å². The Hall–Kier alpha value is -3.19. The summed E-state index contributed by atoms with van der Waals surface area (Å²) in [6, 6.07) is 14.2. The smallest absolute Gasteiger partial charge is 0.246 e. The molecule has 0 N–H and O–H groups in total. The molecule has 31 heavy (non-hydrogen) atoms. The highest BCUT2D eigenvalue weighted by molar-refractivity contribution is 7.13. The highest BCUT2D eigenvalue weighted by atomic mass is 32.1. The summed E-state index contributed by atoms with van der Waals surface area (Å²) in [7, 11) is 0. The average molecular weight is 435 g/mol. The van der Waals surface area contributed by atoms with Crippen molar-refractivity contribution in [2.24, 2.45) is 0 Å². The number of hydrogen-bond acceptors (Lipinski definition) is 4. The van der Waals surface area contributed by atoms with Gasteiger partial charge in [0.15, 0.2) is 0 Å². The van der Waals surface area contributed by atoms with E-state index in [0.29, 0.717) is 39.1 Å². The first-order valence-electron chi connectivity index (χ1n) is 10.5. The molecular formula is C24H26N4O2S. The van der Waals surface area contributed by atoms with Crippen molar-refractivity contribution in [2.45, 2.75) is 19.9 Å². The first kappa shape index (κ1) is 21.1. The maximum Gasteiger partial charge on any atom is 0.246 e. The van der Waals surface area contributed by atoms with E-state index in [9.17, 15) is 9.59 Å². The Balaban J connectivity index is 1.48. The first-order valence-corrected chi connectivity index (χ1v) is 11.4. The van der Waals surface area contributed by atoms with Crippen LogP contribution in [0.15, 0.2) is 60.1 Å². The molecule has 6 nitrogen and oxygen atoms in total. The zero-order valence-corrected chi connectivity index (χ0v) is 18.4. The predicted molar refractivity (Wildman–Crippen MR) is 124 cm³/mol. The second-order valence-electron chi connectivity index (χ2n) is 7.49. The molecule has 1 saturated heterocycles. The summed E-state index contributed by atoms with van der Waals surface area (Å²) in [5.41, 5.74) is 2.98. The van der Waals surface area contributed by atoms with Gasteiger partial charge in [-0.3, -0.25) is 14.3 Å². The van der Waals surface area contributed by atoms with Gasteiger partial charge in [-0.1, -0.05) is 43.3 Å². The van der Waals surface area contributed by atoms with E-state index in [2.05, 4.69) is 12.1 Å². The third-order valence-electron chi connectivity index (χ3n) is 5.38. The summed E-state index contributed by atoms with van der Waals surface area (Å²) in [5, 5.41) is 6.81. The van der Waals surface area contributed by atoms with Gasteiger partial charge >= 0.3 is 0 Å². The molecule has 0 aliphatic carbocycles. The monoisotopic (exact) mass is 434 g/mol. The van der Waals surface area contributed by atoms with Crippen LogP contribution in [-0.2, 0) is 16.1 Å².